The summed E-state index contributed by atoms with van der Waals surface area (Å²) in [4.78, 5) is 12.1. The molecule has 146 valence electrons. The van der Waals surface area contributed by atoms with Gasteiger partial charge in [-0.05, 0) is 50.2 Å². The van der Waals surface area contributed by atoms with Crippen molar-refractivity contribution in [2.45, 2.75) is 32.1 Å². The molecule has 0 atom stereocenters. The van der Waals surface area contributed by atoms with Crippen molar-refractivity contribution in [1.29, 1.82) is 0 Å². The van der Waals surface area contributed by atoms with Crippen LogP contribution in [0.15, 0.2) is 53.7 Å². The van der Waals surface area contributed by atoms with Gasteiger partial charge in [-0.1, -0.05) is 29.5 Å². The number of hydrogen-bond acceptors (Lipinski definition) is 5. The molecule has 1 heterocycles. The van der Waals surface area contributed by atoms with E-state index in [9.17, 15) is 9.18 Å². The molecule has 3 aromatic rings. The second kappa shape index (κ2) is 9.36. The van der Waals surface area contributed by atoms with Crippen LogP contribution in [0.1, 0.15) is 18.3 Å². The number of aromatic nitrogens is 3. The minimum atomic E-state index is -0.338. The summed E-state index contributed by atoms with van der Waals surface area (Å²) in [7, 11) is 0. The van der Waals surface area contributed by atoms with Crippen LogP contribution in [0.4, 0.5) is 15.8 Å². The van der Waals surface area contributed by atoms with Crippen LogP contribution >= 0.6 is 11.8 Å². The topological polar surface area (TPSA) is 71.8 Å². The van der Waals surface area contributed by atoms with E-state index in [1.807, 2.05) is 42.7 Å². The fraction of sp³-hybridized carbons (Fsp3) is 0.250. The van der Waals surface area contributed by atoms with Gasteiger partial charge in [0.2, 0.25) is 5.91 Å². The molecule has 0 saturated heterocycles. The molecular formula is C20H22FN5OS. The zero-order chi connectivity index (χ0) is 19.9. The van der Waals surface area contributed by atoms with Crippen molar-refractivity contribution in [1.82, 2.24) is 14.8 Å². The highest BCUT2D eigenvalue weighted by Crippen LogP contribution is 2.19. The monoisotopic (exact) mass is 399 g/mol. The van der Waals surface area contributed by atoms with Crippen LogP contribution in [0.25, 0.3) is 0 Å². The van der Waals surface area contributed by atoms with Crippen LogP contribution in [0, 0.1) is 12.7 Å². The van der Waals surface area contributed by atoms with E-state index in [0.717, 1.165) is 11.5 Å². The predicted octanol–water partition coefficient (Wildman–Crippen LogP) is 4.09. The smallest absolute Gasteiger partial charge is 0.234 e. The van der Waals surface area contributed by atoms with Crippen molar-refractivity contribution in [3.05, 3.63) is 65.7 Å². The number of anilines is 2. The van der Waals surface area contributed by atoms with E-state index in [1.54, 1.807) is 0 Å². The molecule has 0 radical (unpaired) electrons. The molecule has 0 fully saturated rings. The van der Waals surface area contributed by atoms with Crippen molar-refractivity contribution in [2.75, 3.05) is 16.4 Å². The van der Waals surface area contributed by atoms with Gasteiger partial charge in [-0.2, -0.15) is 0 Å². The Morgan fingerprint density at radius 1 is 1.07 bits per heavy atom. The molecule has 28 heavy (non-hydrogen) atoms. The van der Waals surface area contributed by atoms with Crippen molar-refractivity contribution < 1.29 is 9.18 Å². The molecule has 6 nitrogen and oxygen atoms in total. The third kappa shape index (κ3) is 5.32. The normalized spacial score (nSPS) is 10.7. The summed E-state index contributed by atoms with van der Waals surface area (Å²) >= 11 is 1.32. The molecule has 0 aliphatic carbocycles. The fourth-order valence-corrected chi connectivity index (χ4v) is 3.41. The first-order chi connectivity index (χ1) is 13.5. The minimum absolute atomic E-state index is 0.179. The second-order valence-corrected chi connectivity index (χ2v) is 7.15. The Labute approximate surface area is 167 Å². The first kappa shape index (κ1) is 19.9. The zero-order valence-corrected chi connectivity index (χ0v) is 16.6. The van der Waals surface area contributed by atoms with Crippen LogP contribution in [-0.2, 0) is 17.9 Å². The van der Waals surface area contributed by atoms with Gasteiger partial charge in [0.15, 0.2) is 11.0 Å². The maximum atomic E-state index is 12.9. The number of nitrogens with one attached hydrogen (secondary N) is 2. The molecular weight excluding hydrogens is 377 g/mol. The van der Waals surface area contributed by atoms with E-state index in [-0.39, 0.29) is 17.5 Å². The van der Waals surface area contributed by atoms with Gasteiger partial charge >= 0.3 is 0 Å². The highest BCUT2D eigenvalue weighted by molar-refractivity contribution is 7.99. The van der Waals surface area contributed by atoms with Gasteiger partial charge in [-0.3, -0.25) is 4.79 Å². The fourth-order valence-electron chi connectivity index (χ4n) is 2.59. The Kier molecular flexibility index (Phi) is 6.65. The third-order valence-electron chi connectivity index (χ3n) is 4.07. The molecule has 1 aromatic heterocycles. The van der Waals surface area contributed by atoms with Gasteiger partial charge in [-0.15, -0.1) is 10.2 Å². The molecule has 0 spiro atoms. The van der Waals surface area contributed by atoms with E-state index in [2.05, 4.69) is 20.8 Å². The molecule has 8 heteroatoms. The average Bonchev–Trinajstić information content (AvgIpc) is 3.09. The quantitative estimate of drug-likeness (QED) is 0.558. The Morgan fingerprint density at radius 2 is 1.75 bits per heavy atom. The summed E-state index contributed by atoms with van der Waals surface area (Å²) in [5, 5.41) is 15.2. The first-order valence-corrected chi connectivity index (χ1v) is 9.94. The van der Waals surface area contributed by atoms with Gasteiger partial charge in [0.1, 0.15) is 5.82 Å². The number of aryl methyl sites for hydroxylation is 1. The number of carbonyl (C=O) groups excluding carboxylic acids is 1. The van der Waals surface area contributed by atoms with Crippen molar-refractivity contribution in [3.63, 3.8) is 0 Å². The van der Waals surface area contributed by atoms with E-state index in [1.165, 1.54) is 41.6 Å². The number of carbonyl (C=O) groups is 1. The molecule has 0 bridgehead atoms. The van der Waals surface area contributed by atoms with Crippen LogP contribution in [0.2, 0.25) is 0 Å². The van der Waals surface area contributed by atoms with E-state index < -0.39 is 0 Å². The van der Waals surface area contributed by atoms with Crippen molar-refractivity contribution in [3.8, 4) is 0 Å². The molecule has 0 aliphatic heterocycles. The lowest BCUT2D eigenvalue weighted by molar-refractivity contribution is -0.113. The van der Waals surface area contributed by atoms with Gasteiger partial charge in [0, 0.05) is 17.9 Å². The van der Waals surface area contributed by atoms with Gasteiger partial charge in [-0.25, -0.2) is 4.39 Å². The average molecular weight is 399 g/mol. The molecule has 2 aromatic carbocycles. The number of rotatable bonds is 8. The number of amides is 1. The molecule has 3 rings (SSSR count). The maximum absolute atomic E-state index is 12.9. The lowest BCUT2D eigenvalue weighted by Gasteiger charge is -2.09. The summed E-state index contributed by atoms with van der Waals surface area (Å²) < 4.78 is 14.9. The number of benzene rings is 2. The van der Waals surface area contributed by atoms with E-state index in [4.69, 9.17) is 0 Å². The molecule has 2 N–H and O–H groups in total. The Morgan fingerprint density at radius 3 is 2.43 bits per heavy atom. The summed E-state index contributed by atoms with van der Waals surface area (Å²) in [5.74, 6) is 0.488. The Balaban J connectivity index is 1.56. The summed E-state index contributed by atoms with van der Waals surface area (Å²) in [6, 6.07) is 13.8. The lowest BCUT2D eigenvalue weighted by Crippen LogP contribution is -2.15. The molecule has 0 saturated carbocycles. The number of nitrogens with zero attached hydrogens (tertiary/aromatic N) is 3. The maximum Gasteiger partial charge on any atom is 0.234 e. The van der Waals surface area contributed by atoms with Crippen molar-refractivity contribution >= 4 is 29.0 Å². The lowest BCUT2D eigenvalue weighted by atomic mass is 10.2. The summed E-state index contributed by atoms with van der Waals surface area (Å²) in [5.41, 5.74) is 2.79. The van der Waals surface area contributed by atoms with Crippen LogP contribution < -0.4 is 10.6 Å². The molecule has 0 aliphatic rings. The third-order valence-corrected chi connectivity index (χ3v) is 5.04. The molecule has 1 amide bonds. The highest BCUT2D eigenvalue weighted by atomic mass is 32.2. The molecule has 0 unspecified atom stereocenters. The number of thioether (sulfide) groups is 1. The predicted molar refractivity (Wildman–Crippen MR) is 110 cm³/mol. The van der Waals surface area contributed by atoms with Gasteiger partial charge in [0.05, 0.1) is 12.3 Å². The number of halogens is 1. The minimum Gasteiger partial charge on any atom is -0.378 e. The largest absolute Gasteiger partial charge is 0.378 e. The first-order valence-electron chi connectivity index (χ1n) is 8.96. The Bertz CT molecular complexity index is 925. The SMILES string of the molecule is CCn1c(CNc2ccc(C)cc2)nnc1SCC(=O)Nc1ccc(F)cc1. The number of hydrogen-bond donors (Lipinski definition) is 2. The second-order valence-electron chi connectivity index (χ2n) is 6.21. The summed E-state index contributed by atoms with van der Waals surface area (Å²) in [6.45, 7) is 5.32. The summed E-state index contributed by atoms with van der Waals surface area (Å²) in [6.07, 6.45) is 0. The highest BCUT2D eigenvalue weighted by Gasteiger charge is 2.13. The standard InChI is InChI=1S/C20H22FN5OS/c1-3-26-18(12-22-16-8-4-14(2)5-9-16)24-25-20(26)28-13-19(27)23-17-10-6-15(21)7-11-17/h4-11,22H,3,12-13H2,1-2H3,(H,23,27). The van der Waals surface area contributed by atoms with Gasteiger partial charge in [0.25, 0.3) is 0 Å². The van der Waals surface area contributed by atoms with Crippen LogP contribution in [0.5, 0.6) is 0 Å². The van der Waals surface area contributed by atoms with Gasteiger partial charge < -0.3 is 15.2 Å². The Hall–Kier alpha value is -2.87. The van der Waals surface area contributed by atoms with Crippen LogP contribution in [-0.4, -0.2) is 26.4 Å². The van der Waals surface area contributed by atoms with E-state index in [0.29, 0.717) is 23.9 Å². The zero-order valence-electron chi connectivity index (χ0n) is 15.8. The van der Waals surface area contributed by atoms with Crippen LogP contribution in [0.3, 0.4) is 0 Å². The van der Waals surface area contributed by atoms with E-state index >= 15 is 0 Å². The van der Waals surface area contributed by atoms with Crippen molar-refractivity contribution in [2.24, 2.45) is 0 Å².